The van der Waals surface area contributed by atoms with Gasteiger partial charge in [0.2, 0.25) is 0 Å². The third-order valence-corrected chi connectivity index (χ3v) is 3.73. The number of nitrogens with zero attached hydrogens (tertiary/aromatic N) is 2. The number of aliphatic carboxylic acids is 1. The first-order chi connectivity index (χ1) is 9.99. The molecule has 1 fully saturated rings. The van der Waals surface area contributed by atoms with E-state index in [1.807, 2.05) is 12.1 Å². The predicted molar refractivity (Wildman–Crippen MR) is 77.7 cm³/mol. The fraction of sp³-hybridized carbons (Fsp3) is 0.533. The fourth-order valence-corrected chi connectivity index (χ4v) is 2.28. The molecule has 0 bridgehead atoms. The van der Waals surface area contributed by atoms with E-state index in [0.717, 1.165) is 18.4 Å². The lowest BCUT2D eigenvalue weighted by Gasteiger charge is -2.24. The number of amides is 2. The van der Waals surface area contributed by atoms with E-state index in [0.29, 0.717) is 5.92 Å². The van der Waals surface area contributed by atoms with Gasteiger partial charge in [-0.15, -0.1) is 0 Å². The van der Waals surface area contributed by atoms with Gasteiger partial charge in [-0.05, 0) is 30.4 Å². The predicted octanol–water partition coefficient (Wildman–Crippen LogP) is 1.89. The fourth-order valence-electron chi connectivity index (χ4n) is 2.28. The molecule has 0 aliphatic heterocycles. The molecule has 2 unspecified atom stereocenters. The zero-order valence-corrected chi connectivity index (χ0v) is 12.3. The summed E-state index contributed by atoms with van der Waals surface area (Å²) in [6.45, 7) is 1.77. The SMILES string of the molecule is CC(CN(C)C(=O)NC(c1cccnc1)C1CC1)C(=O)O. The maximum atomic E-state index is 12.2. The number of carboxylic acid groups (broad SMARTS) is 1. The van der Waals surface area contributed by atoms with Crippen molar-refractivity contribution in [2.45, 2.75) is 25.8 Å². The molecule has 1 aromatic rings. The first kappa shape index (κ1) is 15.3. The Balaban J connectivity index is 1.97. The molecule has 6 heteroatoms. The molecule has 1 heterocycles. The van der Waals surface area contributed by atoms with Gasteiger partial charge in [-0.1, -0.05) is 13.0 Å². The molecule has 2 N–H and O–H groups in total. The van der Waals surface area contributed by atoms with Crippen molar-refractivity contribution in [3.05, 3.63) is 30.1 Å². The summed E-state index contributed by atoms with van der Waals surface area (Å²) in [6.07, 6.45) is 5.66. The molecule has 2 amide bonds. The second-order valence-electron chi connectivity index (χ2n) is 5.67. The molecule has 1 aromatic heterocycles. The van der Waals surface area contributed by atoms with Gasteiger partial charge < -0.3 is 15.3 Å². The number of hydrogen-bond donors (Lipinski definition) is 2. The van der Waals surface area contributed by atoms with Gasteiger partial charge in [0.15, 0.2) is 0 Å². The second-order valence-corrected chi connectivity index (χ2v) is 5.67. The quantitative estimate of drug-likeness (QED) is 0.838. The van der Waals surface area contributed by atoms with Crippen molar-refractivity contribution in [3.63, 3.8) is 0 Å². The average Bonchev–Trinajstić information content (AvgIpc) is 3.29. The Morgan fingerprint density at radius 2 is 2.24 bits per heavy atom. The Morgan fingerprint density at radius 1 is 1.52 bits per heavy atom. The number of aromatic nitrogens is 1. The van der Waals surface area contributed by atoms with Crippen LogP contribution in [-0.2, 0) is 4.79 Å². The molecule has 0 aromatic carbocycles. The van der Waals surface area contributed by atoms with Crippen molar-refractivity contribution in [1.82, 2.24) is 15.2 Å². The lowest BCUT2D eigenvalue weighted by atomic mass is 10.0. The van der Waals surface area contributed by atoms with Crippen LogP contribution in [-0.4, -0.2) is 40.6 Å². The Hall–Kier alpha value is -2.11. The third-order valence-electron chi connectivity index (χ3n) is 3.73. The zero-order chi connectivity index (χ0) is 15.4. The van der Waals surface area contributed by atoms with Gasteiger partial charge in [0.05, 0.1) is 12.0 Å². The maximum Gasteiger partial charge on any atom is 0.317 e. The van der Waals surface area contributed by atoms with Crippen LogP contribution in [0.1, 0.15) is 31.4 Å². The van der Waals surface area contributed by atoms with Gasteiger partial charge in [-0.25, -0.2) is 4.79 Å². The van der Waals surface area contributed by atoms with Crippen LogP contribution < -0.4 is 5.32 Å². The standard InChI is InChI=1S/C15H21N3O3/c1-10(14(19)20)9-18(2)15(21)17-13(11-5-6-11)12-4-3-7-16-8-12/h3-4,7-8,10-11,13H,5-6,9H2,1-2H3,(H,17,21)(H,19,20). The van der Waals surface area contributed by atoms with Crippen LogP contribution in [0.2, 0.25) is 0 Å². The molecule has 21 heavy (non-hydrogen) atoms. The number of carbonyl (C=O) groups excluding carboxylic acids is 1. The average molecular weight is 291 g/mol. The molecule has 2 rings (SSSR count). The van der Waals surface area contributed by atoms with Crippen LogP contribution in [0.4, 0.5) is 4.79 Å². The third kappa shape index (κ3) is 4.18. The molecule has 0 saturated heterocycles. The van der Waals surface area contributed by atoms with E-state index >= 15 is 0 Å². The first-order valence-corrected chi connectivity index (χ1v) is 7.13. The van der Waals surface area contributed by atoms with Crippen molar-refractivity contribution < 1.29 is 14.7 Å². The number of nitrogens with one attached hydrogen (secondary N) is 1. The topological polar surface area (TPSA) is 82.5 Å². The summed E-state index contributed by atoms with van der Waals surface area (Å²) in [5, 5.41) is 11.9. The van der Waals surface area contributed by atoms with Crippen molar-refractivity contribution in [2.75, 3.05) is 13.6 Å². The smallest absolute Gasteiger partial charge is 0.317 e. The van der Waals surface area contributed by atoms with E-state index in [2.05, 4.69) is 10.3 Å². The van der Waals surface area contributed by atoms with E-state index in [-0.39, 0.29) is 18.6 Å². The highest BCUT2D eigenvalue weighted by Gasteiger charge is 2.34. The van der Waals surface area contributed by atoms with Crippen LogP contribution >= 0.6 is 0 Å². The first-order valence-electron chi connectivity index (χ1n) is 7.13. The number of urea groups is 1. The van der Waals surface area contributed by atoms with Crippen LogP contribution in [0, 0.1) is 11.8 Å². The summed E-state index contributed by atoms with van der Waals surface area (Å²) in [5.41, 5.74) is 0.994. The molecule has 114 valence electrons. The summed E-state index contributed by atoms with van der Waals surface area (Å²) in [5.74, 6) is -1.04. The molecule has 1 aliphatic carbocycles. The largest absolute Gasteiger partial charge is 0.481 e. The Kier molecular flexibility index (Phi) is 4.77. The van der Waals surface area contributed by atoms with Crippen LogP contribution in [0.25, 0.3) is 0 Å². The lowest BCUT2D eigenvalue weighted by molar-refractivity contribution is -0.141. The highest BCUT2D eigenvalue weighted by molar-refractivity contribution is 5.76. The number of pyridine rings is 1. The normalized spacial score (nSPS) is 16.9. The van der Waals surface area contributed by atoms with Crippen LogP contribution in [0.15, 0.2) is 24.5 Å². The number of carbonyl (C=O) groups is 2. The van der Waals surface area contributed by atoms with Crippen LogP contribution in [0.5, 0.6) is 0 Å². The second kappa shape index (κ2) is 6.56. The van der Waals surface area contributed by atoms with Gasteiger partial charge >= 0.3 is 12.0 Å². The molecule has 2 atom stereocenters. The molecular formula is C15H21N3O3. The summed E-state index contributed by atoms with van der Waals surface area (Å²) < 4.78 is 0. The Morgan fingerprint density at radius 3 is 2.76 bits per heavy atom. The van der Waals surface area contributed by atoms with E-state index in [1.165, 1.54) is 4.90 Å². The van der Waals surface area contributed by atoms with Crippen molar-refractivity contribution in [2.24, 2.45) is 11.8 Å². The van der Waals surface area contributed by atoms with Gasteiger partial charge in [0, 0.05) is 26.0 Å². The lowest BCUT2D eigenvalue weighted by Crippen LogP contribution is -2.42. The van der Waals surface area contributed by atoms with E-state index in [4.69, 9.17) is 5.11 Å². The number of rotatable bonds is 6. The molecule has 1 aliphatic rings. The minimum absolute atomic E-state index is 0.0474. The maximum absolute atomic E-state index is 12.2. The van der Waals surface area contributed by atoms with E-state index in [9.17, 15) is 9.59 Å². The molecule has 1 saturated carbocycles. The van der Waals surface area contributed by atoms with Gasteiger partial charge in [-0.2, -0.15) is 0 Å². The summed E-state index contributed by atoms with van der Waals surface area (Å²) in [4.78, 5) is 28.6. The van der Waals surface area contributed by atoms with Crippen LogP contribution in [0.3, 0.4) is 0 Å². The summed E-state index contributed by atoms with van der Waals surface area (Å²) in [7, 11) is 1.61. The Bertz CT molecular complexity index is 502. The monoisotopic (exact) mass is 291 g/mol. The van der Waals surface area contributed by atoms with Gasteiger partial charge in [0.1, 0.15) is 0 Å². The minimum atomic E-state index is -0.902. The number of hydrogen-bond acceptors (Lipinski definition) is 3. The molecule has 0 spiro atoms. The van der Waals surface area contributed by atoms with Crippen molar-refractivity contribution in [1.29, 1.82) is 0 Å². The molecule has 0 radical (unpaired) electrons. The molecule has 6 nitrogen and oxygen atoms in total. The Labute approximate surface area is 124 Å². The molecular weight excluding hydrogens is 270 g/mol. The zero-order valence-electron chi connectivity index (χ0n) is 12.3. The van der Waals surface area contributed by atoms with Crippen molar-refractivity contribution >= 4 is 12.0 Å². The van der Waals surface area contributed by atoms with E-state index < -0.39 is 11.9 Å². The van der Waals surface area contributed by atoms with Gasteiger partial charge in [0.25, 0.3) is 0 Å². The van der Waals surface area contributed by atoms with Gasteiger partial charge in [-0.3, -0.25) is 9.78 Å². The summed E-state index contributed by atoms with van der Waals surface area (Å²) in [6, 6.07) is 3.51. The highest BCUT2D eigenvalue weighted by Crippen LogP contribution is 2.40. The highest BCUT2D eigenvalue weighted by atomic mass is 16.4. The summed E-state index contributed by atoms with van der Waals surface area (Å²) >= 11 is 0. The van der Waals surface area contributed by atoms with E-state index in [1.54, 1.807) is 26.4 Å². The van der Waals surface area contributed by atoms with Crippen molar-refractivity contribution in [3.8, 4) is 0 Å². The minimum Gasteiger partial charge on any atom is -0.481 e. The number of carboxylic acids is 1.